The lowest BCUT2D eigenvalue weighted by Gasteiger charge is -2.39. The van der Waals surface area contributed by atoms with Crippen LogP contribution < -0.4 is 9.47 Å². The molecule has 4 nitrogen and oxygen atoms in total. The van der Waals surface area contributed by atoms with Crippen LogP contribution in [0.15, 0.2) is 78.9 Å². The fourth-order valence-corrected chi connectivity index (χ4v) is 3.25. The summed E-state index contributed by atoms with van der Waals surface area (Å²) in [5, 5.41) is 0. The lowest BCUT2D eigenvalue weighted by molar-refractivity contribution is 0.0178. The Bertz CT molecular complexity index is 933. The van der Waals surface area contributed by atoms with Gasteiger partial charge in [-0.25, -0.2) is 0 Å². The second kappa shape index (κ2) is 7.54. The maximum absolute atomic E-state index is 13.0. The summed E-state index contributed by atoms with van der Waals surface area (Å²) in [7, 11) is 1.63. The van der Waals surface area contributed by atoms with E-state index >= 15 is 0 Å². The van der Waals surface area contributed by atoms with Gasteiger partial charge in [-0.15, -0.1) is 0 Å². The van der Waals surface area contributed by atoms with Crippen molar-refractivity contribution in [1.82, 2.24) is 4.90 Å². The van der Waals surface area contributed by atoms with Gasteiger partial charge in [0.1, 0.15) is 17.6 Å². The largest absolute Gasteiger partial charge is 0.497 e. The van der Waals surface area contributed by atoms with E-state index < -0.39 is 0 Å². The highest BCUT2D eigenvalue weighted by Crippen LogP contribution is 2.27. The average Bonchev–Trinajstić information content (AvgIpc) is 2.71. The number of benzene rings is 3. The number of carbonyl (C=O) groups excluding carboxylic acids is 1. The first-order chi connectivity index (χ1) is 13.2. The molecule has 0 spiro atoms. The Morgan fingerprint density at radius 2 is 1.59 bits per heavy atom. The molecule has 1 amide bonds. The lowest BCUT2D eigenvalue weighted by Crippen LogP contribution is -2.56. The summed E-state index contributed by atoms with van der Waals surface area (Å²) >= 11 is 0. The molecule has 1 heterocycles. The summed E-state index contributed by atoms with van der Waals surface area (Å²) < 4.78 is 11.2. The summed E-state index contributed by atoms with van der Waals surface area (Å²) in [4.78, 5) is 14.8. The van der Waals surface area contributed by atoms with Crippen LogP contribution in [-0.4, -0.2) is 37.1 Å². The molecule has 0 bridgehead atoms. The van der Waals surface area contributed by atoms with E-state index in [4.69, 9.17) is 9.47 Å². The number of ether oxygens (including phenoxy) is 2. The van der Waals surface area contributed by atoms with Gasteiger partial charge in [-0.3, -0.25) is 4.79 Å². The van der Waals surface area contributed by atoms with Gasteiger partial charge in [-0.1, -0.05) is 54.6 Å². The SMILES string of the molecule is COc1cccc(OC2CN(C(=O)c3ccccc3-c3ccccc3)C2)c1. The molecule has 1 fully saturated rings. The summed E-state index contributed by atoms with van der Waals surface area (Å²) in [6.07, 6.45) is 0.00458. The van der Waals surface area contributed by atoms with Gasteiger partial charge in [-0.05, 0) is 29.3 Å². The predicted octanol–water partition coefficient (Wildman–Crippen LogP) is 4.27. The molecule has 1 aliphatic heterocycles. The first kappa shape index (κ1) is 17.2. The molecule has 0 saturated carbocycles. The number of hydrogen-bond donors (Lipinski definition) is 0. The molecule has 3 aromatic rings. The summed E-state index contributed by atoms with van der Waals surface area (Å²) in [5.74, 6) is 1.56. The number of carbonyl (C=O) groups is 1. The number of hydrogen-bond acceptors (Lipinski definition) is 3. The topological polar surface area (TPSA) is 38.8 Å². The van der Waals surface area contributed by atoms with Gasteiger partial charge in [-0.2, -0.15) is 0 Å². The van der Waals surface area contributed by atoms with E-state index in [-0.39, 0.29) is 12.0 Å². The molecular weight excluding hydrogens is 338 g/mol. The Kier molecular flexibility index (Phi) is 4.79. The molecular formula is C23H21NO3. The monoisotopic (exact) mass is 359 g/mol. The average molecular weight is 359 g/mol. The van der Waals surface area contributed by atoms with Crippen molar-refractivity contribution in [2.45, 2.75) is 6.10 Å². The van der Waals surface area contributed by atoms with Crippen molar-refractivity contribution in [3.63, 3.8) is 0 Å². The number of methoxy groups -OCH3 is 1. The minimum atomic E-state index is 0.00458. The molecule has 4 rings (SSSR count). The Balaban J connectivity index is 1.44. The highest BCUT2D eigenvalue weighted by atomic mass is 16.5. The van der Waals surface area contributed by atoms with Gasteiger partial charge in [0.2, 0.25) is 0 Å². The van der Waals surface area contributed by atoms with Gasteiger partial charge in [0.15, 0.2) is 0 Å². The van der Waals surface area contributed by atoms with Crippen molar-refractivity contribution in [3.8, 4) is 22.6 Å². The molecule has 0 N–H and O–H groups in total. The van der Waals surface area contributed by atoms with Crippen LogP contribution in [0.3, 0.4) is 0 Å². The zero-order valence-corrected chi connectivity index (χ0v) is 15.2. The molecule has 1 saturated heterocycles. The van der Waals surface area contributed by atoms with Crippen molar-refractivity contribution in [1.29, 1.82) is 0 Å². The molecule has 0 radical (unpaired) electrons. The smallest absolute Gasteiger partial charge is 0.254 e. The molecule has 0 atom stereocenters. The summed E-state index contributed by atoms with van der Waals surface area (Å²) in [6, 6.07) is 25.3. The van der Waals surface area contributed by atoms with E-state index in [1.54, 1.807) is 7.11 Å². The van der Waals surface area contributed by atoms with Gasteiger partial charge in [0.25, 0.3) is 5.91 Å². The quantitative estimate of drug-likeness (QED) is 0.683. The van der Waals surface area contributed by atoms with Crippen LogP contribution in [0, 0.1) is 0 Å². The molecule has 0 aliphatic carbocycles. The van der Waals surface area contributed by atoms with Gasteiger partial charge in [0, 0.05) is 11.6 Å². The van der Waals surface area contributed by atoms with Crippen LogP contribution in [0.2, 0.25) is 0 Å². The maximum atomic E-state index is 13.0. The highest BCUT2D eigenvalue weighted by Gasteiger charge is 2.33. The van der Waals surface area contributed by atoms with Gasteiger partial charge in [0.05, 0.1) is 20.2 Å². The second-order valence-electron chi connectivity index (χ2n) is 6.54. The fourth-order valence-electron chi connectivity index (χ4n) is 3.25. The van der Waals surface area contributed by atoms with Crippen molar-refractivity contribution in [2.24, 2.45) is 0 Å². The van der Waals surface area contributed by atoms with Crippen LogP contribution in [0.25, 0.3) is 11.1 Å². The molecule has 0 unspecified atom stereocenters. The van der Waals surface area contributed by atoms with Crippen molar-refractivity contribution >= 4 is 5.91 Å². The Hall–Kier alpha value is -3.27. The van der Waals surface area contributed by atoms with Crippen molar-refractivity contribution in [2.75, 3.05) is 20.2 Å². The lowest BCUT2D eigenvalue weighted by atomic mass is 9.97. The third-order valence-electron chi connectivity index (χ3n) is 4.72. The normalized spacial score (nSPS) is 13.7. The van der Waals surface area contributed by atoms with E-state index in [1.165, 1.54) is 0 Å². The Morgan fingerprint density at radius 1 is 0.889 bits per heavy atom. The van der Waals surface area contributed by atoms with Gasteiger partial charge >= 0.3 is 0 Å². The standard InChI is InChI=1S/C23H21NO3/c1-26-18-10-7-11-19(14-18)27-20-15-24(16-20)23(25)22-13-6-5-12-21(22)17-8-3-2-4-9-17/h2-14,20H,15-16H2,1H3. The van der Waals surface area contributed by atoms with Crippen molar-refractivity contribution in [3.05, 3.63) is 84.4 Å². The zero-order chi connectivity index (χ0) is 18.6. The number of amides is 1. The van der Waals surface area contributed by atoms with E-state index in [2.05, 4.69) is 0 Å². The number of likely N-dealkylation sites (tertiary alicyclic amines) is 1. The Labute approximate surface area is 159 Å². The second-order valence-corrected chi connectivity index (χ2v) is 6.54. The minimum Gasteiger partial charge on any atom is -0.497 e. The first-order valence-electron chi connectivity index (χ1n) is 8.99. The minimum absolute atomic E-state index is 0.00458. The van der Waals surface area contributed by atoms with E-state index in [0.717, 1.165) is 28.2 Å². The third kappa shape index (κ3) is 3.65. The molecule has 27 heavy (non-hydrogen) atoms. The third-order valence-corrected chi connectivity index (χ3v) is 4.72. The fraction of sp³-hybridized carbons (Fsp3) is 0.174. The van der Waals surface area contributed by atoms with E-state index in [1.807, 2.05) is 83.8 Å². The molecule has 136 valence electrons. The van der Waals surface area contributed by atoms with Crippen LogP contribution in [0.5, 0.6) is 11.5 Å². The first-order valence-corrected chi connectivity index (χ1v) is 8.99. The van der Waals surface area contributed by atoms with Crippen LogP contribution in [0.4, 0.5) is 0 Å². The van der Waals surface area contributed by atoms with Gasteiger partial charge < -0.3 is 14.4 Å². The number of nitrogens with zero attached hydrogens (tertiary/aromatic N) is 1. The summed E-state index contributed by atoms with van der Waals surface area (Å²) in [6.45, 7) is 1.17. The zero-order valence-electron chi connectivity index (χ0n) is 15.2. The Morgan fingerprint density at radius 3 is 2.37 bits per heavy atom. The van der Waals surface area contributed by atoms with E-state index in [0.29, 0.717) is 13.1 Å². The van der Waals surface area contributed by atoms with Crippen molar-refractivity contribution < 1.29 is 14.3 Å². The molecule has 1 aliphatic rings. The summed E-state index contributed by atoms with van der Waals surface area (Å²) in [5.41, 5.74) is 2.73. The molecule has 0 aromatic heterocycles. The van der Waals surface area contributed by atoms with Crippen LogP contribution in [-0.2, 0) is 0 Å². The predicted molar refractivity (Wildman–Crippen MR) is 105 cm³/mol. The van der Waals surface area contributed by atoms with E-state index in [9.17, 15) is 4.79 Å². The highest BCUT2D eigenvalue weighted by molar-refractivity contribution is 6.01. The molecule has 4 heteroatoms. The number of rotatable bonds is 5. The maximum Gasteiger partial charge on any atom is 0.254 e. The van der Waals surface area contributed by atoms with Crippen LogP contribution >= 0.6 is 0 Å². The van der Waals surface area contributed by atoms with Crippen LogP contribution in [0.1, 0.15) is 10.4 Å². The molecule has 3 aromatic carbocycles.